The van der Waals surface area contributed by atoms with Crippen LogP contribution in [0.4, 0.5) is 30.8 Å². The predicted octanol–water partition coefficient (Wildman–Crippen LogP) is 4.28. The Morgan fingerprint density at radius 3 is 2.66 bits per heavy atom. The summed E-state index contributed by atoms with van der Waals surface area (Å²) in [6, 6.07) is 0.212. The Bertz CT molecular complexity index is 985. The minimum atomic E-state index is -4.61. The van der Waals surface area contributed by atoms with Crippen LogP contribution in [0.2, 0.25) is 0 Å². The standard InChI is InChI=1S/C21H27F3N6O2/c1-11-7-14(11)16-17(32-10-12-5-6-31-9-12)19(30(29-16)13-3-2-4-13)28-20-26-8-15(18(25)27-20)21(22,23)24/h8,11-14H,2-7,9-10H2,1H3,(H3,25,26,27,28)/t11-,12?,14-/m1/s1. The average Bonchev–Trinajstić information content (AvgIpc) is 3.07. The van der Waals surface area contributed by atoms with Gasteiger partial charge in [-0.1, -0.05) is 6.92 Å². The molecule has 2 aliphatic carbocycles. The summed E-state index contributed by atoms with van der Waals surface area (Å²) in [6.45, 7) is 4.06. The number of nitrogens with zero attached hydrogens (tertiary/aromatic N) is 4. The van der Waals surface area contributed by atoms with Gasteiger partial charge in [-0.2, -0.15) is 23.3 Å². The van der Waals surface area contributed by atoms with Crippen LogP contribution in [-0.2, 0) is 10.9 Å². The number of nitrogen functional groups attached to an aromatic ring is 1. The van der Waals surface area contributed by atoms with Crippen molar-refractivity contribution in [2.45, 2.75) is 57.2 Å². The van der Waals surface area contributed by atoms with Gasteiger partial charge in [0.25, 0.3) is 0 Å². The molecule has 3 aliphatic rings. The molecule has 3 fully saturated rings. The molecule has 2 aromatic heterocycles. The summed E-state index contributed by atoms with van der Waals surface area (Å²) in [4.78, 5) is 7.73. The molecule has 0 aromatic carbocycles. The van der Waals surface area contributed by atoms with Crippen LogP contribution in [0.1, 0.15) is 62.2 Å². The second-order valence-corrected chi connectivity index (χ2v) is 9.07. The summed E-state index contributed by atoms with van der Waals surface area (Å²) in [6.07, 6.45) is 1.15. The molecule has 1 saturated heterocycles. The Labute approximate surface area is 183 Å². The first-order chi connectivity index (χ1) is 15.3. The van der Waals surface area contributed by atoms with Crippen LogP contribution in [-0.4, -0.2) is 39.6 Å². The van der Waals surface area contributed by atoms with Crippen molar-refractivity contribution < 1.29 is 22.6 Å². The highest BCUT2D eigenvalue weighted by molar-refractivity contribution is 5.63. The zero-order valence-corrected chi connectivity index (χ0v) is 17.9. The van der Waals surface area contributed by atoms with Crippen molar-refractivity contribution in [1.29, 1.82) is 0 Å². The molecule has 8 nitrogen and oxygen atoms in total. The van der Waals surface area contributed by atoms with E-state index in [1.54, 1.807) is 0 Å². The fraction of sp³-hybridized carbons (Fsp3) is 0.667. The summed E-state index contributed by atoms with van der Waals surface area (Å²) in [5, 5.41) is 7.97. The molecule has 0 radical (unpaired) electrons. The summed E-state index contributed by atoms with van der Waals surface area (Å²) in [5.74, 6) is 1.72. The molecule has 174 valence electrons. The fourth-order valence-electron chi connectivity index (χ4n) is 4.23. The normalized spacial score (nSPS) is 25.6. The van der Waals surface area contributed by atoms with Crippen LogP contribution in [0.15, 0.2) is 6.20 Å². The predicted molar refractivity (Wildman–Crippen MR) is 111 cm³/mol. The van der Waals surface area contributed by atoms with E-state index in [1.165, 1.54) is 0 Å². The van der Waals surface area contributed by atoms with Gasteiger partial charge in [0, 0.05) is 24.6 Å². The van der Waals surface area contributed by atoms with Gasteiger partial charge < -0.3 is 20.5 Å². The zero-order valence-electron chi connectivity index (χ0n) is 17.9. The van der Waals surface area contributed by atoms with Crippen LogP contribution in [0.25, 0.3) is 0 Å². The number of nitrogens with one attached hydrogen (secondary N) is 1. The summed E-state index contributed by atoms with van der Waals surface area (Å²) < 4.78 is 52.8. The molecule has 11 heteroatoms. The summed E-state index contributed by atoms with van der Waals surface area (Å²) in [7, 11) is 0. The molecular formula is C21H27F3N6O2. The maximum Gasteiger partial charge on any atom is 0.421 e. The lowest BCUT2D eigenvalue weighted by molar-refractivity contribution is -0.137. The van der Waals surface area contributed by atoms with E-state index < -0.39 is 17.6 Å². The first kappa shape index (κ1) is 21.3. The number of rotatable bonds is 7. The topological polar surface area (TPSA) is 100 Å². The minimum Gasteiger partial charge on any atom is -0.487 e. The highest BCUT2D eigenvalue weighted by Crippen LogP contribution is 2.52. The number of hydrogen-bond acceptors (Lipinski definition) is 7. The molecular weight excluding hydrogens is 425 g/mol. The van der Waals surface area contributed by atoms with Crippen molar-refractivity contribution >= 4 is 17.6 Å². The molecule has 3 N–H and O–H groups in total. The third-order valence-corrected chi connectivity index (χ3v) is 6.61. The van der Waals surface area contributed by atoms with Gasteiger partial charge in [-0.3, -0.25) is 0 Å². The van der Waals surface area contributed by atoms with Crippen LogP contribution in [0, 0.1) is 11.8 Å². The molecule has 2 aromatic rings. The Morgan fingerprint density at radius 1 is 1.31 bits per heavy atom. The van der Waals surface area contributed by atoms with Gasteiger partial charge in [0.05, 0.1) is 19.3 Å². The van der Waals surface area contributed by atoms with Crippen LogP contribution < -0.4 is 15.8 Å². The maximum absolute atomic E-state index is 13.1. The van der Waals surface area contributed by atoms with E-state index in [4.69, 9.17) is 20.3 Å². The Hall–Kier alpha value is -2.56. The van der Waals surface area contributed by atoms with Gasteiger partial charge in [-0.25, -0.2) is 9.67 Å². The third kappa shape index (κ3) is 4.10. The lowest BCUT2D eigenvalue weighted by Gasteiger charge is -2.27. The second-order valence-electron chi connectivity index (χ2n) is 9.07. The van der Waals surface area contributed by atoms with Gasteiger partial charge >= 0.3 is 6.18 Å². The van der Waals surface area contributed by atoms with Crippen LogP contribution in [0.3, 0.4) is 0 Å². The molecule has 0 amide bonds. The summed E-state index contributed by atoms with van der Waals surface area (Å²) in [5.41, 5.74) is 5.42. The third-order valence-electron chi connectivity index (χ3n) is 6.61. The highest BCUT2D eigenvalue weighted by atomic mass is 19.4. The number of halogens is 3. The quantitative estimate of drug-likeness (QED) is 0.647. The van der Waals surface area contributed by atoms with Crippen LogP contribution in [0.5, 0.6) is 5.75 Å². The fourth-order valence-corrected chi connectivity index (χ4v) is 4.23. The Balaban J connectivity index is 1.48. The largest absolute Gasteiger partial charge is 0.487 e. The number of alkyl halides is 3. The molecule has 32 heavy (non-hydrogen) atoms. The molecule has 0 bridgehead atoms. The van der Waals surface area contributed by atoms with E-state index in [-0.39, 0.29) is 12.0 Å². The van der Waals surface area contributed by atoms with Crippen molar-refractivity contribution in [2.24, 2.45) is 11.8 Å². The van der Waals surface area contributed by atoms with Crippen molar-refractivity contribution in [3.05, 3.63) is 17.5 Å². The molecule has 3 heterocycles. The van der Waals surface area contributed by atoms with Crippen molar-refractivity contribution in [2.75, 3.05) is 30.9 Å². The van der Waals surface area contributed by atoms with E-state index in [0.717, 1.165) is 44.4 Å². The van der Waals surface area contributed by atoms with Crippen molar-refractivity contribution in [3.8, 4) is 5.75 Å². The molecule has 3 atom stereocenters. The smallest absolute Gasteiger partial charge is 0.421 e. The number of hydrogen-bond donors (Lipinski definition) is 2. The lowest BCUT2D eigenvalue weighted by atomic mass is 9.93. The molecule has 2 saturated carbocycles. The first-order valence-corrected chi connectivity index (χ1v) is 11.1. The minimum absolute atomic E-state index is 0.0135. The maximum atomic E-state index is 13.1. The average molecular weight is 452 g/mol. The molecule has 5 rings (SSSR count). The lowest BCUT2D eigenvalue weighted by Crippen LogP contribution is -2.20. The number of nitrogens with two attached hydrogens (primary N) is 1. The molecule has 0 spiro atoms. The second kappa shape index (κ2) is 8.09. The molecule has 1 aliphatic heterocycles. The molecule has 1 unspecified atom stereocenters. The number of anilines is 3. The van der Waals surface area contributed by atoms with Gasteiger partial charge in [-0.05, 0) is 38.0 Å². The van der Waals surface area contributed by atoms with Gasteiger partial charge in [-0.15, -0.1) is 0 Å². The van der Waals surface area contributed by atoms with Crippen molar-refractivity contribution in [1.82, 2.24) is 19.7 Å². The van der Waals surface area contributed by atoms with E-state index in [0.29, 0.717) is 48.7 Å². The van der Waals surface area contributed by atoms with E-state index >= 15 is 0 Å². The first-order valence-electron chi connectivity index (χ1n) is 11.1. The van der Waals surface area contributed by atoms with E-state index in [1.807, 2.05) is 4.68 Å². The van der Waals surface area contributed by atoms with Gasteiger partial charge in [0.1, 0.15) is 17.1 Å². The SMILES string of the molecule is C[C@@H]1C[C@H]1c1nn(C2CCC2)c(Nc2ncc(C(F)(F)F)c(N)n2)c1OCC1CCOC1. The number of ether oxygens (including phenoxy) is 2. The Morgan fingerprint density at radius 2 is 2.09 bits per heavy atom. The monoisotopic (exact) mass is 452 g/mol. The Kier molecular flexibility index (Phi) is 5.39. The van der Waals surface area contributed by atoms with Crippen molar-refractivity contribution in [3.63, 3.8) is 0 Å². The van der Waals surface area contributed by atoms with Gasteiger partial charge in [0.2, 0.25) is 5.95 Å². The number of aromatic nitrogens is 4. The van der Waals surface area contributed by atoms with E-state index in [2.05, 4.69) is 22.2 Å². The zero-order chi connectivity index (χ0) is 22.5. The highest BCUT2D eigenvalue weighted by Gasteiger charge is 2.42. The van der Waals surface area contributed by atoms with E-state index in [9.17, 15) is 13.2 Å². The summed E-state index contributed by atoms with van der Waals surface area (Å²) >= 11 is 0. The van der Waals surface area contributed by atoms with Crippen LogP contribution >= 0.6 is 0 Å². The van der Waals surface area contributed by atoms with Gasteiger partial charge in [0.15, 0.2) is 11.6 Å².